The van der Waals surface area contributed by atoms with Crippen molar-refractivity contribution in [3.05, 3.63) is 66.2 Å². The number of esters is 1. The fourth-order valence-corrected chi connectivity index (χ4v) is 3.93. The van der Waals surface area contributed by atoms with Gasteiger partial charge >= 0.3 is 5.97 Å². The lowest BCUT2D eigenvalue weighted by atomic mass is 9.81. The number of hydrogen-bond donors (Lipinski definition) is 1. The lowest BCUT2D eigenvalue weighted by molar-refractivity contribution is -0.155. The highest BCUT2D eigenvalue weighted by molar-refractivity contribution is 7.89. The van der Waals surface area contributed by atoms with E-state index in [1.54, 1.807) is 63.2 Å². The second kappa shape index (κ2) is 7.80. The third kappa shape index (κ3) is 4.46. The van der Waals surface area contributed by atoms with Crippen molar-refractivity contribution in [1.82, 2.24) is 4.72 Å². The molecule has 1 unspecified atom stereocenters. The monoisotopic (exact) mass is 361 g/mol. The third-order valence-electron chi connectivity index (χ3n) is 3.98. The second-order valence-electron chi connectivity index (χ2n) is 6.22. The van der Waals surface area contributed by atoms with Gasteiger partial charge in [0.2, 0.25) is 10.0 Å². The summed E-state index contributed by atoms with van der Waals surface area (Å²) >= 11 is 0. The average Bonchev–Trinajstić information content (AvgIpc) is 2.61. The Hall–Kier alpha value is -2.18. The number of carbonyl (C=O) groups excluding carboxylic acids is 1. The molecular weight excluding hydrogens is 338 g/mol. The maximum atomic E-state index is 12.8. The van der Waals surface area contributed by atoms with Crippen LogP contribution in [0.1, 0.15) is 32.4 Å². The number of carbonyl (C=O) groups is 1. The normalized spacial score (nSPS) is 13.2. The number of benzene rings is 2. The first kappa shape index (κ1) is 19.1. The lowest BCUT2D eigenvalue weighted by Crippen LogP contribution is -2.43. The molecule has 25 heavy (non-hydrogen) atoms. The highest BCUT2D eigenvalue weighted by Crippen LogP contribution is 2.36. The summed E-state index contributed by atoms with van der Waals surface area (Å²) < 4.78 is 33.4. The van der Waals surface area contributed by atoms with Crippen molar-refractivity contribution in [2.24, 2.45) is 5.41 Å². The Bertz CT molecular complexity index is 802. The molecule has 0 aliphatic carbocycles. The molecule has 1 N–H and O–H groups in total. The van der Waals surface area contributed by atoms with Gasteiger partial charge in [0, 0.05) is 0 Å². The number of nitrogens with one attached hydrogen (secondary N) is 1. The van der Waals surface area contributed by atoms with Gasteiger partial charge in [-0.05, 0) is 38.5 Å². The van der Waals surface area contributed by atoms with E-state index in [1.807, 2.05) is 6.07 Å². The minimum atomic E-state index is -3.80. The minimum absolute atomic E-state index is 0.149. The Morgan fingerprint density at radius 2 is 1.56 bits per heavy atom. The summed E-state index contributed by atoms with van der Waals surface area (Å²) in [6.07, 6.45) is 0. The fourth-order valence-electron chi connectivity index (χ4n) is 2.54. The van der Waals surface area contributed by atoms with Gasteiger partial charge in [0.1, 0.15) is 0 Å². The minimum Gasteiger partial charge on any atom is -0.466 e. The molecule has 0 aliphatic rings. The van der Waals surface area contributed by atoms with Gasteiger partial charge in [-0.15, -0.1) is 0 Å². The van der Waals surface area contributed by atoms with Gasteiger partial charge in [-0.1, -0.05) is 48.5 Å². The molecule has 2 rings (SSSR count). The smallest absolute Gasteiger partial charge is 0.313 e. The van der Waals surface area contributed by atoms with E-state index in [0.29, 0.717) is 5.56 Å². The summed E-state index contributed by atoms with van der Waals surface area (Å²) in [5.41, 5.74) is -0.390. The zero-order valence-corrected chi connectivity index (χ0v) is 15.4. The van der Waals surface area contributed by atoms with Gasteiger partial charge < -0.3 is 4.74 Å². The van der Waals surface area contributed by atoms with E-state index in [2.05, 4.69) is 4.72 Å². The van der Waals surface area contributed by atoms with Crippen molar-refractivity contribution in [2.45, 2.75) is 31.7 Å². The van der Waals surface area contributed by atoms with Crippen LogP contribution in [0.3, 0.4) is 0 Å². The van der Waals surface area contributed by atoms with Gasteiger partial charge in [0.05, 0.1) is 23.0 Å². The molecule has 0 saturated carbocycles. The van der Waals surface area contributed by atoms with Crippen LogP contribution in [-0.2, 0) is 19.6 Å². The van der Waals surface area contributed by atoms with E-state index in [4.69, 9.17) is 4.74 Å². The average molecular weight is 361 g/mol. The lowest BCUT2D eigenvalue weighted by Gasteiger charge is -2.33. The molecule has 134 valence electrons. The Morgan fingerprint density at radius 3 is 2.08 bits per heavy atom. The van der Waals surface area contributed by atoms with Gasteiger partial charge in [0.25, 0.3) is 0 Å². The highest BCUT2D eigenvalue weighted by atomic mass is 32.2. The number of hydrogen-bond acceptors (Lipinski definition) is 4. The largest absolute Gasteiger partial charge is 0.466 e. The van der Waals surface area contributed by atoms with Crippen LogP contribution < -0.4 is 4.72 Å². The van der Waals surface area contributed by atoms with E-state index >= 15 is 0 Å². The summed E-state index contributed by atoms with van der Waals surface area (Å²) in [4.78, 5) is 12.6. The number of rotatable bonds is 7. The fraction of sp³-hybridized carbons (Fsp3) is 0.316. The molecule has 0 heterocycles. The molecule has 0 aliphatic heterocycles. The Morgan fingerprint density at radius 1 is 1.04 bits per heavy atom. The Balaban J connectivity index is 2.45. The SMILES string of the molecule is CCOC(=O)C(C)(C)C(NS(=O)(=O)c1ccccc1)c1ccccc1. The quantitative estimate of drug-likeness (QED) is 0.768. The Kier molecular flexibility index (Phi) is 5.98. The summed E-state index contributed by atoms with van der Waals surface area (Å²) in [6, 6.07) is 16.4. The number of sulfonamides is 1. The van der Waals surface area contributed by atoms with Gasteiger partial charge in [-0.2, -0.15) is 0 Å². The second-order valence-corrected chi connectivity index (χ2v) is 7.93. The molecule has 0 fully saturated rings. The highest BCUT2D eigenvalue weighted by Gasteiger charge is 2.41. The Labute approximate surface area is 149 Å². The van der Waals surface area contributed by atoms with Crippen LogP contribution in [0, 0.1) is 5.41 Å². The maximum absolute atomic E-state index is 12.8. The van der Waals surface area contributed by atoms with Crippen LogP contribution in [0.5, 0.6) is 0 Å². The van der Waals surface area contributed by atoms with Crippen LogP contribution in [0.2, 0.25) is 0 Å². The first-order valence-electron chi connectivity index (χ1n) is 8.08. The van der Waals surface area contributed by atoms with Crippen molar-refractivity contribution in [3.63, 3.8) is 0 Å². The predicted octanol–water partition coefficient (Wildman–Crippen LogP) is 3.30. The summed E-state index contributed by atoms with van der Waals surface area (Å²) in [5.74, 6) is -0.459. The molecule has 0 amide bonds. The molecule has 0 saturated heterocycles. The number of ether oxygens (including phenoxy) is 1. The molecule has 5 nitrogen and oxygen atoms in total. The van der Waals surface area contributed by atoms with Gasteiger partial charge in [-0.3, -0.25) is 4.79 Å². The van der Waals surface area contributed by atoms with E-state index in [-0.39, 0.29) is 11.5 Å². The standard InChI is InChI=1S/C19H23NO4S/c1-4-24-18(21)19(2,3)17(15-11-7-5-8-12-15)20-25(22,23)16-13-9-6-10-14-16/h5-14,17,20H,4H2,1-3H3. The first-order valence-corrected chi connectivity index (χ1v) is 9.57. The van der Waals surface area contributed by atoms with Crippen LogP contribution >= 0.6 is 0 Å². The first-order chi connectivity index (χ1) is 11.8. The molecule has 2 aromatic rings. The molecule has 0 bridgehead atoms. The summed E-state index contributed by atoms with van der Waals surface area (Å²) in [6.45, 7) is 5.31. The molecule has 0 aromatic heterocycles. The predicted molar refractivity (Wildman–Crippen MR) is 96.4 cm³/mol. The maximum Gasteiger partial charge on any atom is 0.313 e. The van der Waals surface area contributed by atoms with Crippen molar-refractivity contribution in [1.29, 1.82) is 0 Å². The molecule has 2 aromatic carbocycles. The molecule has 6 heteroatoms. The van der Waals surface area contributed by atoms with Gasteiger partial charge in [-0.25, -0.2) is 13.1 Å². The zero-order chi connectivity index (χ0) is 18.5. The van der Waals surface area contributed by atoms with E-state index < -0.39 is 27.4 Å². The van der Waals surface area contributed by atoms with Gasteiger partial charge in [0.15, 0.2) is 0 Å². The van der Waals surface area contributed by atoms with E-state index in [9.17, 15) is 13.2 Å². The van der Waals surface area contributed by atoms with Crippen molar-refractivity contribution in [3.8, 4) is 0 Å². The molecule has 0 radical (unpaired) electrons. The van der Waals surface area contributed by atoms with Crippen LogP contribution in [0.15, 0.2) is 65.6 Å². The third-order valence-corrected chi connectivity index (χ3v) is 5.42. The van der Waals surface area contributed by atoms with Crippen molar-refractivity contribution in [2.75, 3.05) is 6.61 Å². The topological polar surface area (TPSA) is 72.5 Å². The van der Waals surface area contributed by atoms with E-state index in [0.717, 1.165) is 0 Å². The summed E-state index contributed by atoms with van der Waals surface area (Å²) in [7, 11) is -3.80. The van der Waals surface area contributed by atoms with Crippen molar-refractivity contribution >= 4 is 16.0 Å². The van der Waals surface area contributed by atoms with Crippen LogP contribution in [0.25, 0.3) is 0 Å². The zero-order valence-electron chi connectivity index (χ0n) is 14.6. The summed E-state index contributed by atoms with van der Waals surface area (Å²) in [5, 5.41) is 0. The molecule has 0 spiro atoms. The van der Waals surface area contributed by atoms with Crippen LogP contribution in [0.4, 0.5) is 0 Å². The van der Waals surface area contributed by atoms with E-state index in [1.165, 1.54) is 12.1 Å². The van der Waals surface area contributed by atoms with Crippen molar-refractivity contribution < 1.29 is 17.9 Å². The molecule has 1 atom stereocenters. The van der Waals surface area contributed by atoms with Crippen LogP contribution in [-0.4, -0.2) is 21.0 Å². The molecular formula is C19H23NO4S.